The maximum absolute atomic E-state index is 13.7. The van der Waals surface area contributed by atoms with Crippen molar-refractivity contribution in [2.45, 2.75) is 37.6 Å². The molecule has 2 atom stereocenters. The van der Waals surface area contributed by atoms with Crippen LogP contribution in [0.1, 0.15) is 25.7 Å². The second-order valence-electron chi connectivity index (χ2n) is 5.89. The van der Waals surface area contributed by atoms with Crippen molar-refractivity contribution >= 4 is 32.4 Å². The topological polar surface area (TPSA) is 48.7 Å². The highest BCUT2D eigenvalue weighted by atomic mass is 32.1. The number of anilines is 1. The van der Waals surface area contributed by atoms with Crippen LogP contribution in [0.15, 0.2) is 29.4 Å². The van der Waals surface area contributed by atoms with Gasteiger partial charge in [0.15, 0.2) is 0 Å². The van der Waals surface area contributed by atoms with E-state index in [-0.39, 0.29) is 11.6 Å². The third-order valence-electron chi connectivity index (χ3n) is 4.50. The van der Waals surface area contributed by atoms with Crippen LogP contribution in [0, 0.1) is 5.92 Å². The maximum Gasteiger partial charge on any atom is 0.439 e. The molecule has 4 rings (SSSR count). The number of benzene rings is 1. The average Bonchev–Trinajstić information content (AvgIpc) is 3.07. The molecule has 2 heterocycles. The smallest absolute Gasteiger partial charge is 0.362 e. The van der Waals surface area contributed by atoms with Crippen LogP contribution in [-0.4, -0.2) is 27.7 Å². The summed E-state index contributed by atoms with van der Waals surface area (Å²) in [7, 11) is 0. The number of aromatic nitrogens is 1. The van der Waals surface area contributed by atoms with E-state index in [1.165, 1.54) is 0 Å². The number of fused-ring (bicyclic) bond motifs is 2. The third kappa shape index (κ3) is 2.08. The normalized spacial score (nSPS) is 28.1. The van der Waals surface area contributed by atoms with E-state index in [1.807, 2.05) is 0 Å². The van der Waals surface area contributed by atoms with Crippen LogP contribution >= 0.6 is 11.3 Å². The molecule has 8 heteroatoms. The Balaban J connectivity index is 1.85. The molecule has 1 aliphatic heterocycles. The average molecular weight is 341 g/mol. The summed E-state index contributed by atoms with van der Waals surface area (Å²) in [4.78, 5) is 4.24. The Hall–Kier alpha value is -1.67. The van der Waals surface area contributed by atoms with Crippen LogP contribution in [0.2, 0.25) is 0 Å². The molecule has 122 valence electrons. The predicted octanol–water partition coefficient (Wildman–Crippen LogP) is 3.91. The largest absolute Gasteiger partial charge is 0.439 e. The summed E-state index contributed by atoms with van der Waals surface area (Å²) >= 11 is 1.11. The maximum atomic E-state index is 13.7. The molecular weight excluding hydrogens is 327 g/mol. The van der Waals surface area contributed by atoms with Gasteiger partial charge < -0.3 is 5.11 Å². The number of hydrogen-bond acceptors (Lipinski definition) is 5. The van der Waals surface area contributed by atoms with E-state index in [9.17, 15) is 18.3 Å². The highest BCUT2D eigenvalue weighted by Crippen LogP contribution is 2.50. The van der Waals surface area contributed by atoms with E-state index >= 15 is 0 Å². The molecule has 2 aromatic rings. The van der Waals surface area contributed by atoms with Crippen molar-refractivity contribution in [1.29, 1.82) is 0 Å². The molecule has 1 aliphatic carbocycles. The van der Waals surface area contributed by atoms with Crippen molar-refractivity contribution in [1.82, 2.24) is 4.98 Å². The van der Waals surface area contributed by atoms with Crippen molar-refractivity contribution in [3.8, 4) is 0 Å². The molecule has 1 aromatic carbocycles. The molecule has 1 fully saturated rings. The highest BCUT2D eigenvalue weighted by molar-refractivity contribution is 7.22. The van der Waals surface area contributed by atoms with Gasteiger partial charge in [0.05, 0.1) is 16.1 Å². The molecule has 0 saturated heterocycles. The summed E-state index contributed by atoms with van der Waals surface area (Å²) in [6, 6.07) is 7.10. The molecule has 1 saturated carbocycles. The second-order valence-corrected chi connectivity index (χ2v) is 6.90. The number of halogens is 3. The van der Waals surface area contributed by atoms with E-state index in [4.69, 9.17) is 0 Å². The highest BCUT2D eigenvalue weighted by Gasteiger charge is 2.67. The lowest BCUT2D eigenvalue weighted by Gasteiger charge is -2.38. The molecule has 0 unspecified atom stereocenters. The van der Waals surface area contributed by atoms with Gasteiger partial charge in [-0.15, -0.1) is 0 Å². The van der Waals surface area contributed by atoms with Crippen LogP contribution in [0.25, 0.3) is 10.2 Å². The lowest BCUT2D eigenvalue weighted by Crippen LogP contribution is -2.60. The number of hydrazone groups is 1. The standard InChI is InChI=1S/C15H14F3N3OS/c16-15(17,18)14(22)9-5-1-2-6-10(9)20-21(14)13-19-11-7-3-4-8-12(11)23-13/h3-4,7-9,22H,1-2,5-6H2/t9-,14+/m1/s1. The van der Waals surface area contributed by atoms with Gasteiger partial charge in [-0.05, 0) is 31.4 Å². The first kappa shape index (κ1) is 14.9. The molecule has 0 bridgehead atoms. The van der Waals surface area contributed by atoms with Crippen molar-refractivity contribution in [2.75, 3.05) is 5.01 Å². The Morgan fingerprint density at radius 1 is 1.26 bits per heavy atom. The molecule has 1 N–H and O–H groups in total. The Morgan fingerprint density at radius 2 is 2.04 bits per heavy atom. The number of thiazole rings is 1. The Morgan fingerprint density at radius 3 is 2.78 bits per heavy atom. The zero-order valence-corrected chi connectivity index (χ0v) is 12.9. The number of alkyl halides is 3. The Kier molecular flexibility index (Phi) is 3.18. The number of para-hydroxylation sites is 1. The number of aliphatic hydroxyl groups is 1. The first-order valence-corrected chi connectivity index (χ1v) is 8.25. The third-order valence-corrected chi connectivity index (χ3v) is 5.51. The summed E-state index contributed by atoms with van der Waals surface area (Å²) in [6.45, 7) is 0. The van der Waals surface area contributed by atoms with Gasteiger partial charge in [0, 0.05) is 5.71 Å². The summed E-state index contributed by atoms with van der Waals surface area (Å²) in [6.07, 6.45) is -2.56. The quantitative estimate of drug-likeness (QED) is 0.855. The summed E-state index contributed by atoms with van der Waals surface area (Å²) in [5.74, 6) is -1.01. The predicted molar refractivity (Wildman–Crippen MR) is 82.5 cm³/mol. The summed E-state index contributed by atoms with van der Waals surface area (Å²) in [5, 5.41) is 15.5. The molecular formula is C15H14F3N3OS. The summed E-state index contributed by atoms with van der Waals surface area (Å²) in [5.41, 5.74) is -1.97. The first-order chi connectivity index (χ1) is 10.9. The van der Waals surface area contributed by atoms with Gasteiger partial charge in [0.1, 0.15) is 0 Å². The fraction of sp³-hybridized carbons (Fsp3) is 0.467. The lowest BCUT2D eigenvalue weighted by atomic mass is 9.80. The summed E-state index contributed by atoms with van der Waals surface area (Å²) < 4.78 is 41.9. The van der Waals surface area contributed by atoms with Crippen molar-refractivity contribution < 1.29 is 18.3 Å². The minimum Gasteiger partial charge on any atom is -0.362 e. The first-order valence-electron chi connectivity index (χ1n) is 7.43. The van der Waals surface area contributed by atoms with Gasteiger partial charge in [0.25, 0.3) is 5.72 Å². The molecule has 1 aromatic heterocycles. The minimum atomic E-state index is -4.81. The zero-order valence-electron chi connectivity index (χ0n) is 12.0. The van der Waals surface area contributed by atoms with E-state index in [0.717, 1.165) is 22.5 Å². The van der Waals surface area contributed by atoms with Gasteiger partial charge in [-0.25, -0.2) is 4.98 Å². The lowest BCUT2D eigenvalue weighted by molar-refractivity contribution is -0.269. The van der Waals surface area contributed by atoms with E-state index in [1.54, 1.807) is 24.3 Å². The second kappa shape index (κ2) is 4.91. The van der Waals surface area contributed by atoms with Crippen molar-refractivity contribution in [2.24, 2.45) is 11.0 Å². The Labute approximate surface area is 134 Å². The van der Waals surface area contributed by atoms with Gasteiger partial charge >= 0.3 is 6.18 Å². The van der Waals surface area contributed by atoms with Crippen molar-refractivity contribution in [3.63, 3.8) is 0 Å². The van der Waals surface area contributed by atoms with Gasteiger partial charge in [-0.1, -0.05) is 29.9 Å². The molecule has 0 spiro atoms. The fourth-order valence-corrected chi connectivity index (χ4v) is 4.33. The molecule has 0 radical (unpaired) electrons. The SMILES string of the molecule is O[C@]1(C(F)(F)F)[C@@H]2CCCCC2=NN1c1nc2ccccc2s1. The monoisotopic (exact) mass is 341 g/mol. The minimum absolute atomic E-state index is 0.0768. The van der Waals surface area contributed by atoms with E-state index in [0.29, 0.717) is 29.1 Å². The van der Waals surface area contributed by atoms with Crippen LogP contribution < -0.4 is 5.01 Å². The molecule has 23 heavy (non-hydrogen) atoms. The van der Waals surface area contributed by atoms with E-state index in [2.05, 4.69) is 10.1 Å². The van der Waals surface area contributed by atoms with Crippen LogP contribution in [0.5, 0.6) is 0 Å². The molecule has 0 amide bonds. The Bertz CT molecular complexity index is 755. The van der Waals surface area contributed by atoms with Gasteiger partial charge in [0.2, 0.25) is 5.13 Å². The fourth-order valence-electron chi connectivity index (χ4n) is 3.36. The number of nitrogens with zero attached hydrogens (tertiary/aromatic N) is 3. The van der Waals surface area contributed by atoms with Crippen LogP contribution in [0.4, 0.5) is 18.3 Å². The molecule has 2 aliphatic rings. The van der Waals surface area contributed by atoms with Gasteiger partial charge in [-0.2, -0.15) is 23.3 Å². The number of hydrogen-bond donors (Lipinski definition) is 1. The van der Waals surface area contributed by atoms with E-state index < -0.39 is 17.8 Å². The molecule has 4 nitrogen and oxygen atoms in total. The van der Waals surface area contributed by atoms with Crippen LogP contribution in [-0.2, 0) is 0 Å². The van der Waals surface area contributed by atoms with Gasteiger partial charge in [-0.3, -0.25) is 0 Å². The zero-order chi connectivity index (χ0) is 16.2. The van der Waals surface area contributed by atoms with Crippen molar-refractivity contribution in [3.05, 3.63) is 24.3 Å². The van der Waals surface area contributed by atoms with Crippen LogP contribution in [0.3, 0.4) is 0 Å². The number of rotatable bonds is 1.